The van der Waals surface area contributed by atoms with Crippen LogP contribution < -0.4 is 0 Å². The van der Waals surface area contributed by atoms with E-state index in [9.17, 15) is 5.11 Å². The predicted molar refractivity (Wildman–Crippen MR) is 40.9 cm³/mol. The molecule has 0 saturated carbocycles. The highest BCUT2D eigenvalue weighted by Crippen LogP contribution is 2.17. The molecule has 3 unspecified atom stereocenters. The second kappa shape index (κ2) is 3.50. The summed E-state index contributed by atoms with van der Waals surface area (Å²) >= 11 is 0. The van der Waals surface area contributed by atoms with Crippen LogP contribution in [0.25, 0.3) is 0 Å². The van der Waals surface area contributed by atoms with Gasteiger partial charge in [0, 0.05) is 6.08 Å². The van der Waals surface area contributed by atoms with Gasteiger partial charge in [-0.15, -0.1) is 0 Å². The summed E-state index contributed by atoms with van der Waals surface area (Å²) in [4.78, 5) is 0. The Labute approximate surface area is 69.7 Å². The SMILES string of the molecule is N#CC=C1C=CC(O)C(O)C1O. The van der Waals surface area contributed by atoms with Crippen molar-refractivity contribution < 1.29 is 15.3 Å². The van der Waals surface area contributed by atoms with E-state index in [-0.39, 0.29) is 0 Å². The van der Waals surface area contributed by atoms with Crippen LogP contribution in [0.15, 0.2) is 23.8 Å². The van der Waals surface area contributed by atoms with E-state index in [4.69, 9.17) is 15.5 Å². The van der Waals surface area contributed by atoms with E-state index in [1.165, 1.54) is 12.2 Å². The highest BCUT2D eigenvalue weighted by Gasteiger charge is 2.28. The van der Waals surface area contributed by atoms with Gasteiger partial charge in [0.25, 0.3) is 0 Å². The number of nitriles is 1. The van der Waals surface area contributed by atoms with Crippen molar-refractivity contribution in [2.24, 2.45) is 0 Å². The number of hydrogen-bond donors (Lipinski definition) is 3. The van der Waals surface area contributed by atoms with Crippen LogP contribution in [0.1, 0.15) is 0 Å². The van der Waals surface area contributed by atoms with Gasteiger partial charge in [0.15, 0.2) is 0 Å². The Morgan fingerprint density at radius 2 is 2.08 bits per heavy atom. The van der Waals surface area contributed by atoms with E-state index in [0.717, 1.165) is 6.08 Å². The zero-order valence-corrected chi connectivity index (χ0v) is 6.25. The minimum atomic E-state index is -1.24. The highest BCUT2D eigenvalue weighted by atomic mass is 16.4. The van der Waals surface area contributed by atoms with Gasteiger partial charge in [0.2, 0.25) is 0 Å². The summed E-state index contributed by atoms with van der Waals surface area (Å²) in [5, 5.41) is 35.7. The van der Waals surface area contributed by atoms with Crippen molar-refractivity contribution in [3.8, 4) is 6.07 Å². The third-order valence-corrected chi connectivity index (χ3v) is 1.73. The fourth-order valence-electron chi connectivity index (χ4n) is 1.01. The van der Waals surface area contributed by atoms with Crippen molar-refractivity contribution >= 4 is 0 Å². The molecule has 0 amide bonds. The molecule has 1 aliphatic carbocycles. The molecule has 0 heterocycles. The molecule has 0 radical (unpaired) electrons. The van der Waals surface area contributed by atoms with Gasteiger partial charge in [-0.05, 0) is 5.57 Å². The summed E-state index contributed by atoms with van der Waals surface area (Å²) < 4.78 is 0. The number of hydrogen-bond acceptors (Lipinski definition) is 4. The molecule has 4 heteroatoms. The Morgan fingerprint density at radius 1 is 1.42 bits per heavy atom. The third-order valence-electron chi connectivity index (χ3n) is 1.73. The highest BCUT2D eigenvalue weighted by molar-refractivity contribution is 5.33. The van der Waals surface area contributed by atoms with Gasteiger partial charge in [0.05, 0.1) is 6.07 Å². The first-order valence-electron chi connectivity index (χ1n) is 3.49. The molecule has 3 atom stereocenters. The minimum absolute atomic E-state index is 0.315. The number of aliphatic hydroxyl groups excluding tert-OH is 3. The maximum Gasteiger partial charge on any atom is 0.113 e. The predicted octanol–water partition coefficient (Wildman–Crippen LogP) is -0.911. The summed E-state index contributed by atoms with van der Waals surface area (Å²) in [5.74, 6) is 0. The van der Waals surface area contributed by atoms with Crippen molar-refractivity contribution in [2.75, 3.05) is 0 Å². The molecule has 0 aromatic carbocycles. The summed E-state index contributed by atoms with van der Waals surface area (Å²) in [7, 11) is 0. The van der Waals surface area contributed by atoms with Crippen molar-refractivity contribution in [2.45, 2.75) is 18.3 Å². The maximum atomic E-state index is 9.26. The summed E-state index contributed by atoms with van der Waals surface area (Å²) in [5.41, 5.74) is 0.315. The standard InChI is InChI=1S/C8H9NO3/c9-4-3-5-1-2-6(10)8(12)7(5)11/h1-3,6-8,10-12H. The summed E-state index contributed by atoms with van der Waals surface area (Å²) in [6.45, 7) is 0. The van der Waals surface area contributed by atoms with Gasteiger partial charge in [0.1, 0.15) is 18.3 Å². The zero-order chi connectivity index (χ0) is 9.14. The first-order valence-corrected chi connectivity index (χ1v) is 3.49. The number of rotatable bonds is 0. The van der Waals surface area contributed by atoms with E-state index in [1.54, 1.807) is 6.07 Å². The Hall–Kier alpha value is -1.15. The molecule has 0 fully saturated rings. The molecule has 12 heavy (non-hydrogen) atoms. The molecule has 0 spiro atoms. The lowest BCUT2D eigenvalue weighted by Gasteiger charge is -2.25. The quantitative estimate of drug-likeness (QED) is 0.408. The Bertz CT molecular complexity index is 264. The van der Waals surface area contributed by atoms with E-state index in [1.807, 2.05) is 0 Å². The lowest BCUT2D eigenvalue weighted by molar-refractivity contribution is -0.0284. The lowest BCUT2D eigenvalue weighted by atomic mass is 9.94. The van der Waals surface area contributed by atoms with Crippen LogP contribution in [-0.4, -0.2) is 33.6 Å². The molecule has 0 aliphatic heterocycles. The molecular weight excluding hydrogens is 158 g/mol. The molecule has 3 N–H and O–H groups in total. The van der Waals surface area contributed by atoms with E-state index >= 15 is 0 Å². The zero-order valence-electron chi connectivity index (χ0n) is 6.25. The van der Waals surface area contributed by atoms with Gasteiger partial charge in [-0.2, -0.15) is 5.26 Å². The van der Waals surface area contributed by atoms with Gasteiger partial charge in [-0.1, -0.05) is 12.2 Å². The van der Waals surface area contributed by atoms with Gasteiger partial charge in [-0.25, -0.2) is 0 Å². The average molecular weight is 167 g/mol. The molecule has 0 saturated heterocycles. The van der Waals surface area contributed by atoms with Crippen LogP contribution >= 0.6 is 0 Å². The first kappa shape index (κ1) is 8.94. The second-order valence-corrected chi connectivity index (χ2v) is 2.56. The van der Waals surface area contributed by atoms with E-state index < -0.39 is 18.3 Å². The molecule has 1 aliphatic rings. The largest absolute Gasteiger partial charge is 0.387 e. The van der Waals surface area contributed by atoms with Gasteiger partial charge in [-0.3, -0.25) is 0 Å². The monoisotopic (exact) mass is 167 g/mol. The smallest absolute Gasteiger partial charge is 0.113 e. The van der Waals surface area contributed by atoms with Crippen molar-refractivity contribution in [3.63, 3.8) is 0 Å². The van der Waals surface area contributed by atoms with Crippen LogP contribution in [0, 0.1) is 11.3 Å². The van der Waals surface area contributed by atoms with Crippen LogP contribution in [0.2, 0.25) is 0 Å². The van der Waals surface area contributed by atoms with Crippen LogP contribution in [0.3, 0.4) is 0 Å². The number of nitrogens with zero attached hydrogens (tertiary/aromatic N) is 1. The minimum Gasteiger partial charge on any atom is -0.387 e. The van der Waals surface area contributed by atoms with E-state index in [2.05, 4.69) is 0 Å². The van der Waals surface area contributed by atoms with Crippen molar-refractivity contribution in [1.82, 2.24) is 0 Å². The lowest BCUT2D eigenvalue weighted by Crippen LogP contribution is -2.39. The van der Waals surface area contributed by atoms with Crippen LogP contribution in [-0.2, 0) is 0 Å². The Balaban J connectivity index is 2.90. The van der Waals surface area contributed by atoms with Gasteiger partial charge < -0.3 is 15.3 Å². The molecule has 0 aromatic rings. The Kier molecular flexibility index (Phi) is 2.61. The average Bonchev–Trinajstić information content (AvgIpc) is 2.07. The van der Waals surface area contributed by atoms with Crippen molar-refractivity contribution in [1.29, 1.82) is 5.26 Å². The molecule has 1 rings (SSSR count). The molecular formula is C8H9NO3. The maximum absolute atomic E-state index is 9.26. The number of allylic oxidation sites excluding steroid dienone is 1. The van der Waals surface area contributed by atoms with Crippen molar-refractivity contribution in [3.05, 3.63) is 23.8 Å². The topological polar surface area (TPSA) is 84.5 Å². The molecule has 0 aromatic heterocycles. The molecule has 0 bridgehead atoms. The summed E-state index contributed by atoms with van der Waals surface area (Å²) in [6.07, 6.45) is 0.414. The third kappa shape index (κ3) is 1.53. The van der Waals surface area contributed by atoms with Crippen LogP contribution in [0.5, 0.6) is 0 Å². The van der Waals surface area contributed by atoms with Crippen LogP contribution in [0.4, 0.5) is 0 Å². The fourth-order valence-corrected chi connectivity index (χ4v) is 1.01. The summed E-state index contributed by atoms with van der Waals surface area (Å²) in [6, 6.07) is 1.74. The Morgan fingerprint density at radius 3 is 2.67 bits per heavy atom. The normalized spacial score (nSPS) is 38.2. The number of aliphatic hydroxyl groups is 3. The molecule has 64 valence electrons. The first-order chi connectivity index (χ1) is 5.66. The van der Waals surface area contributed by atoms with Gasteiger partial charge >= 0.3 is 0 Å². The molecule has 4 nitrogen and oxygen atoms in total. The fraction of sp³-hybridized carbons (Fsp3) is 0.375. The van der Waals surface area contributed by atoms with E-state index in [0.29, 0.717) is 5.57 Å². The second-order valence-electron chi connectivity index (χ2n) is 2.56.